The zero-order chi connectivity index (χ0) is 15.4. The summed E-state index contributed by atoms with van der Waals surface area (Å²) >= 11 is 5.88. The maximum atomic E-state index is 11.8. The molecule has 0 bridgehead atoms. The molecule has 0 saturated carbocycles. The summed E-state index contributed by atoms with van der Waals surface area (Å²) < 4.78 is 0. The van der Waals surface area contributed by atoms with Crippen molar-refractivity contribution >= 4 is 34.8 Å². The lowest BCUT2D eigenvalue weighted by molar-refractivity contribution is -0.384. The van der Waals surface area contributed by atoms with E-state index in [2.05, 4.69) is 20.8 Å². The van der Waals surface area contributed by atoms with Gasteiger partial charge in [0.05, 0.1) is 15.6 Å². The molecular formula is C12H12ClN5O3. The van der Waals surface area contributed by atoms with Crippen LogP contribution in [0.25, 0.3) is 0 Å². The zero-order valence-electron chi connectivity index (χ0n) is 11.0. The van der Waals surface area contributed by atoms with E-state index in [0.717, 1.165) is 12.1 Å². The number of carbonyl (C=O) groups is 1. The fraction of sp³-hybridized carbons (Fsp3) is 0.167. The summed E-state index contributed by atoms with van der Waals surface area (Å²) in [7, 11) is 0. The molecule has 0 atom stereocenters. The summed E-state index contributed by atoms with van der Waals surface area (Å²) in [6.45, 7) is 1.95. The van der Waals surface area contributed by atoms with Gasteiger partial charge in [-0.15, -0.1) is 0 Å². The van der Waals surface area contributed by atoms with E-state index in [-0.39, 0.29) is 16.4 Å². The second-order valence-electron chi connectivity index (χ2n) is 4.13. The standard InChI is InChI=1S/C12H12ClN5O3/c1-2-7-5-11(17-16-7)15-12(19)14-10-4-3-8(18(20)21)6-9(10)13/h3-6H,2H2,1H3,(H3,14,15,16,17,19). The topological polar surface area (TPSA) is 113 Å². The Hall–Kier alpha value is -2.61. The number of nitrogens with one attached hydrogen (secondary N) is 3. The van der Waals surface area contributed by atoms with Crippen LogP contribution in [0.5, 0.6) is 0 Å². The van der Waals surface area contributed by atoms with Crippen LogP contribution >= 0.6 is 11.6 Å². The first-order chi connectivity index (χ1) is 9.99. The van der Waals surface area contributed by atoms with E-state index in [0.29, 0.717) is 5.82 Å². The molecule has 0 aliphatic carbocycles. The number of carbonyl (C=O) groups excluding carboxylic acids is 1. The first-order valence-corrected chi connectivity index (χ1v) is 6.43. The Balaban J connectivity index is 2.04. The molecule has 0 unspecified atom stereocenters. The zero-order valence-corrected chi connectivity index (χ0v) is 11.8. The summed E-state index contributed by atoms with van der Waals surface area (Å²) in [5.74, 6) is 0.377. The number of H-pyrrole nitrogens is 1. The van der Waals surface area contributed by atoms with Crippen molar-refractivity contribution in [1.29, 1.82) is 0 Å². The highest BCUT2D eigenvalue weighted by Gasteiger charge is 2.12. The molecule has 0 aliphatic heterocycles. The van der Waals surface area contributed by atoms with E-state index in [1.54, 1.807) is 6.07 Å². The van der Waals surface area contributed by atoms with Gasteiger partial charge >= 0.3 is 6.03 Å². The molecule has 9 heteroatoms. The normalized spacial score (nSPS) is 10.2. The number of anilines is 2. The molecular weight excluding hydrogens is 298 g/mol. The molecule has 110 valence electrons. The second-order valence-corrected chi connectivity index (χ2v) is 4.54. The van der Waals surface area contributed by atoms with Crippen LogP contribution in [0.15, 0.2) is 24.3 Å². The van der Waals surface area contributed by atoms with E-state index < -0.39 is 11.0 Å². The summed E-state index contributed by atoms with van der Waals surface area (Å²) in [5, 5.41) is 22.4. The number of rotatable bonds is 4. The number of amides is 2. The third-order valence-corrected chi connectivity index (χ3v) is 2.98. The van der Waals surface area contributed by atoms with Crippen molar-refractivity contribution in [2.24, 2.45) is 0 Å². The summed E-state index contributed by atoms with van der Waals surface area (Å²) in [6.07, 6.45) is 0.768. The Labute approximate surface area is 124 Å². The second kappa shape index (κ2) is 6.23. The van der Waals surface area contributed by atoms with E-state index in [4.69, 9.17) is 11.6 Å². The van der Waals surface area contributed by atoms with E-state index in [1.807, 2.05) is 6.92 Å². The van der Waals surface area contributed by atoms with Crippen molar-refractivity contribution in [2.45, 2.75) is 13.3 Å². The van der Waals surface area contributed by atoms with Crippen LogP contribution in [0.4, 0.5) is 22.0 Å². The van der Waals surface area contributed by atoms with Crippen LogP contribution in [-0.2, 0) is 6.42 Å². The van der Waals surface area contributed by atoms with E-state index >= 15 is 0 Å². The highest BCUT2D eigenvalue weighted by atomic mass is 35.5. The molecule has 0 saturated heterocycles. The van der Waals surface area contributed by atoms with Crippen LogP contribution in [0.1, 0.15) is 12.6 Å². The van der Waals surface area contributed by atoms with Gasteiger partial charge in [-0.05, 0) is 12.5 Å². The number of aromatic amines is 1. The monoisotopic (exact) mass is 309 g/mol. The molecule has 0 spiro atoms. The van der Waals surface area contributed by atoms with E-state index in [1.165, 1.54) is 18.2 Å². The lowest BCUT2D eigenvalue weighted by Gasteiger charge is -2.07. The number of nitro groups is 1. The summed E-state index contributed by atoms with van der Waals surface area (Å²) in [6, 6.07) is 4.95. The molecule has 0 radical (unpaired) electrons. The number of hydrogen-bond acceptors (Lipinski definition) is 4. The average Bonchev–Trinajstić information content (AvgIpc) is 2.88. The van der Waals surface area contributed by atoms with Crippen molar-refractivity contribution in [3.63, 3.8) is 0 Å². The van der Waals surface area contributed by atoms with Crippen molar-refractivity contribution in [2.75, 3.05) is 10.6 Å². The fourth-order valence-corrected chi connectivity index (χ4v) is 1.82. The number of halogens is 1. The van der Waals surface area contributed by atoms with Crippen LogP contribution in [0.2, 0.25) is 5.02 Å². The van der Waals surface area contributed by atoms with Gasteiger partial charge in [0, 0.05) is 23.9 Å². The van der Waals surface area contributed by atoms with E-state index in [9.17, 15) is 14.9 Å². The van der Waals surface area contributed by atoms with Crippen LogP contribution in [0.3, 0.4) is 0 Å². The SMILES string of the molecule is CCc1cc(NC(=O)Nc2ccc([N+](=O)[O-])cc2Cl)n[nH]1. The average molecular weight is 310 g/mol. The molecule has 1 heterocycles. The predicted molar refractivity (Wildman–Crippen MR) is 78.7 cm³/mol. The van der Waals surface area contributed by atoms with Crippen molar-refractivity contribution in [3.8, 4) is 0 Å². The van der Waals surface area contributed by atoms with Gasteiger partial charge in [-0.3, -0.25) is 20.5 Å². The maximum absolute atomic E-state index is 11.8. The quantitative estimate of drug-likeness (QED) is 0.594. The lowest BCUT2D eigenvalue weighted by atomic mass is 10.3. The van der Waals surface area contributed by atoms with Gasteiger partial charge in [0.25, 0.3) is 5.69 Å². The predicted octanol–water partition coefficient (Wildman–Crippen LogP) is 3.18. The van der Waals surface area contributed by atoms with Crippen LogP contribution in [0, 0.1) is 10.1 Å². The molecule has 0 fully saturated rings. The molecule has 2 amide bonds. The smallest absolute Gasteiger partial charge is 0.306 e. The molecule has 1 aromatic carbocycles. The highest BCUT2D eigenvalue weighted by Crippen LogP contribution is 2.26. The molecule has 2 rings (SSSR count). The minimum atomic E-state index is -0.564. The van der Waals surface area contributed by atoms with Gasteiger partial charge in [-0.25, -0.2) is 4.79 Å². The number of nitro benzene ring substituents is 1. The summed E-state index contributed by atoms with van der Waals surface area (Å²) in [4.78, 5) is 21.8. The number of aromatic nitrogens is 2. The van der Waals surface area contributed by atoms with Gasteiger partial charge in [0.15, 0.2) is 5.82 Å². The van der Waals surface area contributed by atoms with Crippen LogP contribution < -0.4 is 10.6 Å². The third kappa shape index (κ3) is 3.69. The number of non-ortho nitro benzene ring substituents is 1. The van der Waals surface area contributed by atoms with Crippen molar-refractivity contribution < 1.29 is 9.72 Å². The fourth-order valence-electron chi connectivity index (χ4n) is 1.60. The van der Waals surface area contributed by atoms with Gasteiger partial charge < -0.3 is 5.32 Å². The molecule has 1 aromatic heterocycles. The van der Waals surface area contributed by atoms with Crippen molar-refractivity contribution in [3.05, 3.63) is 45.1 Å². The van der Waals surface area contributed by atoms with Gasteiger partial charge in [0.2, 0.25) is 0 Å². The van der Waals surface area contributed by atoms with Gasteiger partial charge in [-0.1, -0.05) is 18.5 Å². The van der Waals surface area contributed by atoms with Gasteiger partial charge in [-0.2, -0.15) is 5.10 Å². The Bertz CT molecular complexity index is 685. The Kier molecular flexibility index (Phi) is 4.39. The number of urea groups is 1. The third-order valence-electron chi connectivity index (χ3n) is 2.67. The Morgan fingerprint density at radius 1 is 1.43 bits per heavy atom. The first kappa shape index (κ1) is 14.8. The lowest BCUT2D eigenvalue weighted by Crippen LogP contribution is -2.19. The molecule has 8 nitrogen and oxygen atoms in total. The highest BCUT2D eigenvalue weighted by molar-refractivity contribution is 6.34. The Morgan fingerprint density at radius 3 is 2.76 bits per heavy atom. The molecule has 3 N–H and O–H groups in total. The van der Waals surface area contributed by atoms with Crippen molar-refractivity contribution in [1.82, 2.24) is 10.2 Å². The maximum Gasteiger partial charge on any atom is 0.324 e. The largest absolute Gasteiger partial charge is 0.324 e. The number of nitrogens with zero attached hydrogens (tertiary/aromatic N) is 2. The number of aryl methyl sites for hydroxylation is 1. The first-order valence-electron chi connectivity index (χ1n) is 6.06. The minimum absolute atomic E-state index is 0.0793. The number of benzene rings is 1. The Morgan fingerprint density at radius 2 is 2.19 bits per heavy atom. The number of hydrogen-bond donors (Lipinski definition) is 3. The molecule has 2 aromatic rings. The van der Waals surface area contributed by atoms with Crippen LogP contribution in [-0.4, -0.2) is 21.2 Å². The molecule has 21 heavy (non-hydrogen) atoms. The van der Waals surface area contributed by atoms with Gasteiger partial charge in [0.1, 0.15) is 0 Å². The summed E-state index contributed by atoms with van der Waals surface area (Å²) in [5.41, 5.74) is 1.01. The molecule has 0 aliphatic rings. The minimum Gasteiger partial charge on any atom is -0.306 e.